The predicted molar refractivity (Wildman–Crippen MR) is 61.9 cm³/mol. The summed E-state index contributed by atoms with van der Waals surface area (Å²) in [6.45, 7) is 0.972. The molecule has 98 valence electrons. The standard InChI is InChI=1S/C10H18N2O4S/c1-16-10(13)6-17(14,15)12-9-3-7-2-8(4-9)11-5-7/h7-9,11-12H,2-6H2,1H3. The van der Waals surface area contributed by atoms with Gasteiger partial charge in [0.1, 0.15) is 0 Å². The molecule has 0 aromatic rings. The first kappa shape index (κ1) is 12.8. The number of sulfonamides is 1. The third kappa shape index (κ3) is 3.40. The van der Waals surface area contributed by atoms with Crippen LogP contribution in [0.15, 0.2) is 0 Å². The largest absolute Gasteiger partial charge is 0.468 e. The normalized spacial score (nSPS) is 32.4. The van der Waals surface area contributed by atoms with Crippen molar-refractivity contribution >= 4 is 16.0 Å². The van der Waals surface area contributed by atoms with Crippen molar-refractivity contribution in [3.63, 3.8) is 0 Å². The molecular weight excluding hydrogens is 244 g/mol. The molecule has 2 fully saturated rings. The summed E-state index contributed by atoms with van der Waals surface area (Å²) in [5.74, 6) is -0.767. The lowest BCUT2D eigenvalue weighted by Crippen LogP contribution is -2.43. The molecule has 1 aliphatic heterocycles. The third-order valence-electron chi connectivity index (χ3n) is 3.38. The Kier molecular flexibility index (Phi) is 3.70. The van der Waals surface area contributed by atoms with Gasteiger partial charge in [-0.15, -0.1) is 0 Å². The van der Waals surface area contributed by atoms with Crippen LogP contribution in [0.2, 0.25) is 0 Å². The van der Waals surface area contributed by atoms with Crippen LogP contribution in [-0.2, 0) is 19.6 Å². The van der Waals surface area contributed by atoms with Crippen molar-refractivity contribution in [3.8, 4) is 0 Å². The second-order valence-electron chi connectivity index (χ2n) is 4.83. The van der Waals surface area contributed by atoms with Crippen LogP contribution < -0.4 is 10.0 Å². The Balaban J connectivity index is 1.90. The summed E-state index contributed by atoms with van der Waals surface area (Å²) in [6.07, 6.45) is 2.79. The van der Waals surface area contributed by atoms with Crippen molar-refractivity contribution in [1.82, 2.24) is 10.0 Å². The monoisotopic (exact) mass is 262 g/mol. The van der Waals surface area contributed by atoms with Gasteiger partial charge < -0.3 is 10.1 Å². The fourth-order valence-corrected chi connectivity index (χ4v) is 3.92. The first-order valence-electron chi connectivity index (χ1n) is 5.78. The Labute approximate surface area is 101 Å². The maximum absolute atomic E-state index is 11.7. The highest BCUT2D eigenvalue weighted by molar-refractivity contribution is 7.90. The smallest absolute Gasteiger partial charge is 0.322 e. The van der Waals surface area contributed by atoms with E-state index in [1.807, 2.05) is 0 Å². The molecule has 1 aliphatic carbocycles. The summed E-state index contributed by atoms with van der Waals surface area (Å²) in [5.41, 5.74) is 0. The van der Waals surface area contributed by atoms with Crippen molar-refractivity contribution in [2.24, 2.45) is 5.92 Å². The van der Waals surface area contributed by atoms with Crippen LogP contribution in [0, 0.1) is 5.92 Å². The number of hydrogen-bond donors (Lipinski definition) is 2. The number of esters is 1. The number of hydrogen-bond acceptors (Lipinski definition) is 5. The van der Waals surface area contributed by atoms with Crippen molar-refractivity contribution in [2.75, 3.05) is 19.4 Å². The Bertz CT molecular complexity index is 383. The number of carbonyl (C=O) groups excluding carboxylic acids is 1. The molecule has 1 saturated carbocycles. The van der Waals surface area contributed by atoms with E-state index >= 15 is 0 Å². The molecule has 0 aromatic heterocycles. The molecule has 2 aliphatic rings. The minimum Gasteiger partial charge on any atom is -0.468 e. The Hall–Kier alpha value is -0.660. The minimum atomic E-state index is -3.56. The van der Waals surface area contributed by atoms with Gasteiger partial charge in [0.25, 0.3) is 0 Å². The van der Waals surface area contributed by atoms with Gasteiger partial charge in [-0.2, -0.15) is 0 Å². The van der Waals surface area contributed by atoms with Crippen LogP contribution in [-0.4, -0.2) is 45.9 Å². The fourth-order valence-electron chi connectivity index (χ4n) is 2.71. The number of methoxy groups -OCH3 is 1. The quantitative estimate of drug-likeness (QED) is 0.649. The highest BCUT2D eigenvalue weighted by atomic mass is 32.2. The first-order valence-corrected chi connectivity index (χ1v) is 7.44. The van der Waals surface area contributed by atoms with Crippen LogP contribution >= 0.6 is 0 Å². The molecule has 1 heterocycles. The lowest BCUT2D eigenvalue weighted by Gasteiger charge is -2.27. The lowest BCUT2D eigenvalue weighted by molar-refractivity contribution is -0.137. The van der Waals surface area contributed by atoms with Gasteiger partial charge in [0.2, 0.25) is 10.0 Å². The molecule has 7 heteroatoms. The summed E-state index contributed by atoms with van der Waals surface area (Å²) >= 11 is 0. The topological polar surface area (TPSA) is 84.5 Å². The molecule has 2 bridgehead atoms. The van der Waals surface area contributed by atoms with E-state index in [1.54, 1.807) is 0 Å². The number of carbonyl (C=O) groups is 1. The Morgan fingerprint density at radius 2 is 2.18 bits per heavy atom. The average molecular weight is 262 g/mol. The van der Waals surface area contributed by atoms with Gasteiger partial charge in [0, 0.05) is 12.1 Å². The highest BCUT2D eigenvalue weighted by Gasteiger charge is 2.35. The van der Waals surface area contributed by atoms with Crippen LogP contribution in [0.4, 0.5) is 0 Å². The van der Waals surface area contributed by atoms with E-state index < -0.39 is 21.7 Å². The van der Waals surface area contributed by atoms with E-state index in [9.17, 15) is 13.2 Å². The minimum absolute atomic E-state index is 0.0524. The van der Waals surface area contributed by atoms with Crippen LogP contribution in [0.1, 0.15) is 19.3 Å². The zero-order valence-corrected chi connectivity index (χ0v) is 10.6. The highest BCUT2D eigenvalue weighted by Crippen LogP contribution is 2.29. The van der Waals surface area contributed by atoms with Gasteiger partial charge >= 0.3 is 5.97 Å². The third-order valence-corrected chi connectivity index (χ3v) is 4.69. The second-order valence-corrected chi connectivity index (χ2v) is 6.58. The zero-order chi connectivity index (χ0) is 12.5. The van der Waals surface area contributed by atoms with Gasteiger partial charge in [-0.3, -0.25) is 4.79 Å². The predicted octanol–water partition coefficient (Wildman–Crippen LogP) is -0.781. The summed E-state index contributed by atoms with van der Waals surface area (Å²) in [7, 11) is -2.38. The van der Waals surface area contributed by atoms with Gasteiger partial charge in [-0.25, -0.2) is 13.1 Å². The first-order chi connectivity index (χ1) is 7.98. The molecule has 17 heavy (non-hydrogen) atoms. The zero-order valence-electron chi connectivity index (χ0n) is 9.81. The van der Waals surface area contributed by atoms with Crippen LogP contribution in [0.3, 0.4) is 0 Å². The van der Waals surface area contributed by atoms with E-state index in [-0.39, 0.29) is 6.04 Å². The fraction of sp³-hybridized carbons (Fsp3) is 0.900. The van der Waals surface area contributed by atoms with E-state index in [1.165, 1.54) is 7.11 Å². The molecule has 3 unspecified atom stereocenters. The van der Waals surface area contributed by atoms with E-state index in [0.29, 0.717) is 12.0 Å². The maximum atomic E-state index is 11.7. The molecule has 0 aromatic carbocycles. The van der Waals surface area contributed by atoms with Gasteiger partial charge in [-0.1, -0.05) is 0 Å². The van der Waals surface area contributed by atoms with E-state index in [4.69, 9.17) is 0 Å². The molecular formula is C10H18N2O4S. The SMILES string of the molecule is COC(=O)CS(=O)(=O)NC1CC2CNC(C2)C1. The second kappa shape index (κ2) is 4.91. The molecule has 0 spiro atoms. The van der Waals surface area contributed by atoms with Gasteiger partial charge in [0.05, 0.1) is 7.11 Å². The van der Waals surface area contributed by atoms with E-state index in [0.717, 1.165) is 25.8 Å². The molecule has 6 nitrogen and oxygen atoms in total. The summed E-state index contributed by atoms with van der Waals surface area (Å²) in [4.78, 5) is 11.0. The average Bonchev–Trinajstić information content (AvgIpc) is 2.56. The maximum Gasteiger partial charge on any atom is 0.322 e. The van der Waals surface area contributed by atoms with Crippen LogP contribution in [0.25, 0.3) is 0 Å². The molecule has 1 saturated heterocycles. The van der Waals surface area contributed by atoms with Crippen molar-refractivity contribution in [2.45, 2.75) is 31.3 Å². The molecule has 3 atom stereocenters. The lowest BCUT2D eigenvalue weighted by atomic mass is 9.87. The Morgan fingerprint density at radius 1 is 1.41 bits per heavy atom. The number of nitrogens with one attached hydrogen (secondary N) is 2. The van der Waals surface area contributed by atoms with E-state index in [2.05, 4.69) is 14.8 Å². The molecule has 0 amide bonds. The van der Waals surface area contributed by atoms with Crippen molar-refractivity contribution in [1.29, 1.82) is 0 Å². The van der Waals surface area contributed by atoms with Gasteiger partial charge in [0.15, 0.2) is 5.75 Å². The molecule has 0 radical (unpaired) electrons. The van der Waals surface area contributed by atoms with Crippen molar-refractivity contribution in [3.05, 3.63) is 0 Å². The number of ether oxygens (including phenoxy) is 1. The summed E-state index contributed by atoms with van der Waals surface area (Å²) < 4.78 is 30.3. The van der Waals surface area contributed by atoms with Crippen molar-refractivity contribution < 1.29 is 17.9 Å². The Morgan fingerprint density at radius 3 is 2.82 bits per heavy atom. The molecule has 2 rings (SSSR count). The molecule has 2 N–H and O–H groups in total. The number of fused-ring (bicyclic) bond motifs is 2. The van der Waals surface area contributed by atoms with Crippen LogP contribution in [0.5, 0.6) is 0 Å². The number of rotatable bonds is 4. The summed E-state index contributed by atoms with van der Waals surface area (Å²) in [6, 6.07) is 0.364. The summed E-state index contributed by atoms with van der Waals surface area (Å²) in [5, 5.41) is 3.36. The van der Waals surface area contributed by atoms with Gasteiger partial charge in [-0.05, 0) is 31.7 Å².